The third-order valence-electron chi connectivity index (χ3n) is 4.02. The van der Waals surface area contributed by atoms with Crippen LogP contribution in [0.1, 0.15) is 25.3 Å². The predicted octanol–water partition coefficient (Wildman–Crippen LogP) is 4.09. The second kappa shape index (κ2) is 8.12. The number of aromatic nitrogens is 1. The van der Waals surface area contributed by atoms with Crippen molar-refractivity contribution in [2.24, 2.45) is 12.0 Å². The molecule has 25 heavy (non-hydrogen) atoms. The van der Waals surface area contributed by atoms with Gasteiger partial charge in [0.15, 0.2) is 11.4 Å². The molecule has 0 atom stereocenters. The number of carbonyl (C=O) groups excluding carboxylic acids is 1. The van der Waals surface area contributed by atoms with Crippen molar-refractivity contribution in [2.45, 2.75) is 26.2 Å². The SMILES string of the molecule is CCCCc1ccc2c(c1)sc(=NC(=O)COc1ccccc1)n2C. The summed E-state index contributed by atoms with van der Waals surface area (Å²) in [6, 6.07) is 15.8. The summed E-state index contributed by atoms with van der Waals surface area (Å²) >= 11 is 1.54. The maximum Gasteiger partial charge on any atom is 0.286 e. The highest BCUT2D eigenvalue weighted by molar-refractivity contribution is 7.16. The van der Waals surface area contributed by atoms with Gasteiger partial charge in [0.2, 0.25) is 0 Å². The molecule has 0 aliphatic heterocycles. The molecule has 0 bridgehead atoms. The number of rotatable bonds is 6. The molecule has 130 valence electrons. The van der Waals surface area contributed by atoms with Crippen LogP contribution in [0.3, 0.4) is 0 Å². The zero-order valence-corrected chi connectivity index (χ0v) is 15.4. The van der Waals surface area contributed by atoms with Crippen molar-refractivity contribution in [1.29, 1.82) is 0 Å². The number of thiazole rings is 1. The Labute approximate surface area is 151 Å². The molecule has 0 radical (unpaired) electrons. The number of unbranched alkanes of at least 4 members (excludes halogenated alkanes) is 1. The largest absolute Gasteiger partial charge is 0.484 e. The summed E-state index contributed by atoms with van der Waals surface area (Å²) in [5.74, 6) is 0.393. The van der Waals surface area contributed by atoms with Crippen molar-refractivity contribution in [2.75, 3.05) is 6.61 Å². The first-order chi connectivity index (χ1) is 12.2. The number of nitrogens with zero attached hydrogens (tertiary/aromatic N) is 2. The maximum atomic E-state index is 12.1. The summed E-state index contributed by atoms with van der Waals surface area (Å²) in [7, 11) is 1.94. The van der Waals surface area contributed by atoms with Gasteiger partial charge in [-0.1, -0.05) is 48.9 Å². The fourth-order valence-electron chi connectivity index (χ4n) is 2.62. The Hall–Kier alpha value is -2.40. The monoisotopic (exact) mass is 354 g/mol. The Morgan fingerprint density at radius 3 is 2.76 bits per heavy atom. The Balaban J connectivity index is 1.78. The highest BCUT2D eigenvalue weighted by Crippen LogP contribution is 2.19. The van der Waals surface area contributed by atoms with Gasteiger partial charge in [0.05, 0.1) is 10.2 Å². The van der Waals surface area contributed by atoms with E-state index in [1.807, 2.05) is 41.9 Å². The zero-order valence-electron chi connectivity index (χ0n) is 14.6. The van der Waals surface area contributed by atoms with Crippen LogP contribution in [0.25, 0.3) is 10.2 Å². The van der Waals surface area contributed by atoms with E-state index >= 15 is 0 Å². The lowest BCUT2D eigenvalue weighted by atomic mass is 10.1. The molecule has 1 aromatic heterocycles. The normalized spacial score (nSPS) is 11.8. The fraction of sp³-hybridized carbons (Fsp3) is 0.300. The van der Waals surface area contributed by atoms with E-state index in [1.165, 1.54) is 18.4 Å². The summed E-state index contributed by atoms with van der Waals surface area (Å²) in [6.45, 7) is 2.14. The topological polar surface area (TPSA) is 43.6 Å². The van der Waals surface area contributed by atoms with Crippen LogP contribution in [0.4, 0.5) is 0 Å². The average molecular weight is 354 g/mol. The molecular formula is C20H22N2O2S. The minimum Gasteiger partial charge on any atom is -0.484 e. The van der Waals surface area contributed by atoms with Crippen LogP contribution < -0.4 is 9.54 Å². The van der Waals surface area contributed by atoms with Crippen LogP contribution in [0.2, 0.25) is 0 Å². The van der Waals surface area contributed by atoms with Crippen molar-refractivity contribution in [3.05, 3.63) is 58.9 Å². The van der Waals surface area contributed by atoms with E-state index in [4.69, 9.17) is 4.74 Å². The predicted molar refractivity (Wildman–Crippen MR) is 102 cm³/mol. The molecule has 3 aromatic rings. The molecule has 2 aromatic carbocycles. The van der Waals surface area contributed by atoms with Gasteiger partial charge >= 0.3 is 0 Å². The van der Waals surface area contributed by atoms with Crippen LogP contribution in [-0.2, 0) is 18.3 Å². The molecule has 0 aliphatic carbocycles. The second-order valence-corrected chi connectivity index (χ2v) is 6.97. The molecule has 0 N–H and O–H groups in total. The van der Waals surface area contributed by atoms with Gasteiger partial charge < -0.3 is 9.30 Å². The van der Waals surface area contributed by atoms with Gasteiger partial charge in [0, 0.05) is 7.05 Å². The minimum absolute atomic E-state index is 0.0555. The van der Waals surface area contributed by atoms with Gasteiger partial charge in [-0.05, 0) is 42.7 Å². The number of para-hydroxylation sites is 1. The highest BCUT2D eigenvalue weighted by atomic mass is 32.1. The third kappa shape index (κ3) is 4.37. The molecule has 3 rings (SSSR count). The van der Waals surface area contributed by atoms with Gasteiger partial charge in [0.25, 0.3) is 5.91 Å². The molecule has 0 saturated heterocycles. The van der Waals surface area contributed by atoms with Crippen molar-refractivity contribution in [3.63, 3.8) is 0 Å². The van der Waals surface area contributed by atoms with Crippen molar-refractivity contribution >= 4 is 27.5 Å². The van der Waals surface area contributed by atoms with Crippen LogP contribution >= 0.6 is 11.3 Å². The standard InChI is InChI=1S/C20H22N2O2S/c1-3-4-8-15-11-12-17-18(13-15)25-20(22(17)2)21-19(23)14-24-16-9-6-5-7-10-16/h5-7,9-13H,3-4,8,14H2,1-2H3. The van der Waals surface area contributed by atoms with Crippen molar-refractivity contribution < 1.29 is 9.53 Å². The summed E-state index contributed by atoms with van der Waals surface area (Å²) in [4.78, 5) is 17.0. The van der Waals surface area contributed by atoms with E-state index in [2.05, 4.69) is 30.1 Å². The first kappa shape index (κ1) is 17.4. The second-order valence-electron chi connectivity index (χ2n) is 5.96. The van der Waals surface area contributed by atoms with Gasteiger partial charge in [-0.2, -0.15) is 4.99 Å². The number of hydrogen-bond acceptors (Lipinski definition) is 3. The number of aryl methyl sites for hydroxylation is 2. The Morgan fingerprint density at radius 2 is 2.00 bits per heavy atom. The lowest BCUT2D eigenvalue weighted by molar-refractivity contribution is -0.120. The minimum atomic E-state index is -0.280. The van der Waals surface area contributed by atoms with Gasteiger partial charge in [0.1, 0.15) is 5.75 Å². The fourth-order valence-corrected chi connectivity index (χ4v) is 3.72. The number of carbonyl (C=O) groups is 1. The van der Waals surface area contributed by atoms with E-state index in [9.17, 15) is 4.79 Å². The molecule has 1 amide bonds. The molecule has 0 fully saturated rings. The maximum absolute atomic E-state index is 12.1. The van der Waals surface area contributed by atoms with Crippen molar-refractivity contribution in [1.82, 2.24) is 4.57 Å². The van der Waals surface area contributed by atoms with Crippen molar-refractivity contribution in [3.8, 4) is 5.75 Å². The Kier molecular flexibility index (Phi) is 5.66. The smallest absolute Gasteiger partial charge is 0.286 e. The number of amides is 1. The quantitative estimate of drug-likeness (QED) is 0.669. The van der Waals surface area contributed by atoms with Gasteiger partial charge in [-0.25, -0.2) is 0 Å². The average Bonchev–Trinajstić information content (AvgIpc) is 2.94. The summed E-state index contributed by atoms with van der Waals surface area (Å²) in [5, 5.41) is 0. The molecule has 0 aliphatic rings. The van der Waals surface area contributed by atoms with E-state index in [-0.39, 0.29) is 12.5 Å². The van der Waals surface area contributed by atoms with E-state index in [0.29, 0.717) is 10.6 Å². The van der Waals surface area contributed by atoms with Crippen LogP contribution in [0.15, 0.2) is 53.5 Å². The lowest BCUT2D eigenvalue weighted by Gasteiger charge is -2.02. The summed E-state index contributed by atoms with van der Waals surface area (Å²) in [5.41, 5.74) is 2.43. The van der Waals surface area contributed by atoms with Crippen LogP contribution in [-0.4, -0.2) is 17.1 Å². The number of hydrogen-bond donors (Lipinski definition) is 0. The lowest BCUT2D eigenvalue weighted by Crippen LogP contribution is -2.17. The van der Waals surface area contributed by atoms with Gasteiger partial charge in [-0.15, -0.1) is 0 Å². The molecule has 1 heterocycles. The first-order valence-corrected chi connectivity index (χ1v) is 9.33. The number of benzene rings is 2. The highest BCUT2D eigenvalue weighted by Gasteiger charge is 2.07. The van der Waals surface area contributed by atoms with E-state index in [1.54, 1.807) is 11.3 Å². The molecule has 0 unspecified atom stereocenters. The summed E-state index contributed by atoms with van der Waals surface area (Å²) in [6.07, 6.45) is 3.46. The molecule has 5 heteroatoms. The molecule has 0 saturated carbocycles. The summed E-state index contributed by atoms with van der Waals surface area (Å²) < 4.78 is 8.59. The van der Waals surface area contributed by atoms with E-state index in [0.717, 1.165) is 16.6 Å². The Bertz CT molecular complexity index is 926. The number of fused-ring (bicyclic) bond motifs is 1. The Morgan fingerprint density at radius 1 is 1.20 bits per heavy atom. The third-order valence-corrected chi connectivity index (χ3v) is 5.11. The molecule has 0 spiro atoms. The van der Waals surface area contributed by atoms with Crippen LogP contribution in [0.5, 0.6) is 5.75 Å². The zero-order chi connectivity index (χ0) is 17.6. The number of ether oxygens (including phenoxy) is 1. The van der Waals surface area contributed by atoms with Crippen LogP contribution in [0, 0.1) is 0 Å². The first-order valence-electron chi connectivity index (χ1n) is 8.51. The van der Waals surface area contributed by atoms with E-state index < -0.39 is 0 Å². The van der Waals surface area contributed by atoms with Gasteiger partial charge in [-0.3, -0.25) is 4.79 Å². The molecule has 4 nitrogen and oxygen atoms in total. The molecular weight excluding hydrogens is 332 g/mol.